The zero-order chi connectivity index (χ0) is 14.4. The first-order valence-corrected chi connectivity index (χ1v) is 7.61. The standard InChI is InChI=1S/C16H25N3O/c1-3-13(2)6-4-8-19-9-5-7-14(11-19)15-10-16(20)18-12-17-15/h6,10,12,14H,3-5,7-9,11H2,1-2H3,(H,17,18,20)/b13-6+. The molecule has 110 valence electrons. The third-order valence-corrected chi connectivity index (χ3v) is 4.12. The van der Waals surface area contributed by atoms with Crippen LogP contribution in [0.3, 0.4) is 0 Å². The van der Waals surface area contributed by atoms with Crippen molar-refractivity contribution in [3.63, 3.8) is 0 Å². The molecular weight excluding hydrogens is 250 g/mol. The quantitative estimate of drug-likeness (QED) is 0.841. The van der Waals surface area contributed by atoms with E-state index >= 15 is 0 Å². The highest BCUT2D eigenvalue weighted by molar-refractivity contribution is 5.08. The summed E-state index contributed by atoms with van der Waals surface area (Å²) < 4.78 is 0. The van der Waals surface area contributed by atoms with Crippen LogP contribution in [0, 0.1) is 0 Å². The molecule has 0 radical (unpaired) electrons. The minimum absolute atomic E-state index is 0.0476. The highest BCUT2D eigenvalue weighted by Gasteiger charge is 2.21. The molecule has 0 amide bonds. The Morgan fingerprint density at radius 2 is 2.45 bits per heavy atom. The summed E-state index contributed by atoms with van der Waals surface area (Å²) >= 11 is 0. The summed E-state index contributed by atoms with van der Waals surface area (Å²) in [6, 6.07) is 1.65. The third-order valence-electron chi connectivity index (χ3n) is 4.12. The van der Waals surface area contributed by atoms with Crippen LogP contribution in [0.4, 0.5) is 0 Å². The van der Waals surface area contributed by atoms with Crippen LogP contribution in [0.2, 0.25) is 0 Å². The number of aromatic amines is 1. The molecule has 1 aromatic heterocycles. The van der Waals surface area contributed by atoms with E-state index in [9.17, 15) is 4.79 Å². The zero-order valence-corrected chi connectivity index (χ0v) is 12.6. The molecule has 1 aliphatic heterocycles. The summed E-state index contributed by atoms with van der Waals surface area (Å²) in [5.74, 6) is 0.405. The lowest BCUT2D eigenvalue weighted by molar-refractivity contribution is 0.209. The van der Waals surface area contributed by atoms with Gasteiger partial charge in [0.1, 0.15) is 0 Å². The average Bonchev–Trinajstić information content (AvgIpc) is 2.47. The van der Waals surface area contributed by atoms with Gasteiger partial charge in [0.25, 0.3) is 5.56 Å². The van der Waals surface area contributed by atoms with Crippen LogP contribution in [-0.4, -0.2) is 34.5 Å². The molecule has 1 saturated heterocycles. The fraction of sp³-hybridized carbons (Fsp3) is 0.625. The molecule has 20 heavy (non-hydrogen) atoms. The SMILES string of the molecule is CC/C(C)=C/CCN1CCCC(c2cc(=O)[nH]cn2)C1. The van der Waals surface area contributed by atoms with Gasteiger partial charge < -0.3 is 9.88 Å². The lowest BCUT2D eigenvalue weighted by Crippen LogP contribution is -2.35. The second kappa shape index (κ2) is 7.39. The van der Waals surface area contributed by atoms with Crippen molar-refractivity contribution in [2.75, 3.05) is 19.6 Å². The van der Waals surface area contributed by atoms with Gasteiger partial charge in [0.05, 0.1) is 12.0 Å². The Balaban J connectivity index is 1.90. The Morgan fingerprint density at radius 3 is 3.20 bits per heavy atom. The van der Waals surface area contributed by atoms with Crippen molar-refractivity contribution in [3.8, 4) is 0 Å². The number of hydrogen-bond acceptors (Lipinski definition) is 3. The molecule has 1 atom stereocenters. The van der Waals surface area contributed by atoms with E-state index in [0.29, 0.717) is 5.92 Å². The van der Waals surface area contributed by atoms with Crippen molar-refractivity contribution in [2.45, 2.75) is 45.4 Å². The molecule has 0 aromatic carbocycles. The fourth-order valence-electron chi connectivity index (χ4n) is 2.74. The van der Waals surface area contributed by atoms with Crippen molar-refractivity contribution < 1.29 is 0 Å². The molecule has 1 N–H and O–H groups in total. The summed E-state index contributed by atoms with van der Waals surface area (Å²) in [6.07, 6.45) is 8.44. The second-order valence-corrected chi connectivity index (χ2v) is 5.67. The molecule has 0 aliphatic carbocycles. The van der Waals surface area contributed by atoms with Crippen LogP contribution >= 0.6 is 0 Å². The number of hydrogen-bond donors (Lipinski definition) is 1. The Morgan fingerprint density at radius 1 is 1.60 bits per heavy atom. The number of likely N-dealkylation sites (tertiary alicyclic amines) is 1. The number of nitrogens with zero attached hydrogens (tertiary/aromatic N) is 2. The van der Waals surface area contributed by atoms with E-state index in [4.69, 9.17) is 0 Å². The van der Waals surface area contributed by atoms with E-state index in [1.54, 1.807) is 6.07 Å². The van der Waals surface area contributed by atoms with Crippen molar-refractivity contribution in [2.24, 2.45) is 0 Å². The number of nitrogens with one attached hydrogen (secondary N) is 1. The first-order chi connectivity index (χ1) is 9.69. The molecule has 2 heterocycles. The van der Waals surface area contributed by atoms with E-state index in [0.717, 1.165) is 38.0 Å². The van der Waals surface area contributed by atoms with Gasteiger partial charge in [-0.3, -0.25) is 4.79 Å². The number of H-pyrrole nitrogens is 1. The largest absolute Gasteiger partial charge is 0.313 e. The summed E-state index contributed by atoms with van der Waals surface area (Å²) in [6.45, 7) is 7.69. The Bertz CT molecular complexity index is 506. The predicted molar refractivity (Wildman–Crippen MR) is 81.9 cm³/mol. The Hall–Kier alpha value is -1.42. The summed E-state index contributed by atoms with van der Waals surface area (Å²) in [4.78, 5) is 20.8. The third kappa shape index (κ3) is 4.30. The minimum atomic E-state index is -0.0476. The zero-order valence-electron chi connectivity index (χ0n) is 12.6. The molecule has 2 rings (SSSR count). The van der Waals surface area contributed by atoms with Crippen LogP contribution in [0.25, 0.3) is 0 Å². The maximum Gasteiger partial charge on any atom is 0.250 e. The monoisotopic (exact) mass is 275 g/mol. The molecule has 0 saturated carbocycles. The second-order valence-electron chi connectivity index (χ2n) is 5.67. The first-order valence-electron chi connectivity index (χ1n) is 7.61. The van der Waals surface area contributed by atoms with Crippen LogP contribution in [0.1, 0.15) is 51.1 Å². The Labute approximate surface area is 120 Å². The smallest absolute Gasteiger partial charge is 0.250 e. The minimum Gasteiger partial charge on any atom is -0.313 e. The lowest BCUT2D eigenvalue weighted by atomic mass is 9.94. The van der Waals surface area contributed by atoms with E-state index in [-0.39, 0.29) is 5.56 Å². The van der Waals surface area contributed by atoms with Gasteiger partial charge in [-0.25, -0.2) is 4.98 Å². The van der Waals surface area contributed by atoms with E-state index in [1.807, 2.05) is 0 Å². The molecule has 0 bridgehead atoms. The number of piperidine rings is 1. The maximum atomic E-state index is 11.4. The van der Waals surface area contributed by atoms with Crippen LogP contribution in [0.5, 0.6) is 0 Å². The van der Waals surface area contributed by atoms with Crippen LogP contribution in [-0.2, 0) is 0 Å². The molecule has 1 fully saturated rings. The fourth-order valence-corrected chi connectivity index (χ4v) is 2.74. The summed E-state index contributed by atoms with van der Waals surface area (Å²) in [5.41, 5.74) is 2.36. The molecule has 1 unspecified atom stereocenters. The molecule has 1 aliphatic rings. The van der Waals surface area contributed by atoms with Gasteiger partial charge in [0.15, 0.2) is 0 Å². The van der Waals surface area contributed by atoms with Crippen molar-refractivity contribution >= 4 is 0 Å². The highest BCUT2D eigenvalue weighted by Crippen LogP contribution is 2.24. The topological polar surface area (TPSA) is 49.0 Å². The van der Waals surface area contributed by atoms with Crippen LogP contribution in [0.15, 0.2) is 28.8 Å². The highest BCUT2D eigenvalue weighted by atomic mass is 16.1. The van der Waals surface area contributed by atoms with Gasteiger partial charge in [-0.15, -0.1) is 0 Å². The van der Waals surface area contributed by atoms with Gasteiger partial charge in [-0.05, 0) is 39.2 Å². The maximum absolute atomic E-state index is 11.4. The normalized spacial score (nSPS) is 21.1. The number of rotatable bonds is 5. The summed E-state index contributed by atoms with van der Waals surface area (Å²) in [7, 11) is 0. The molecule has 0 spiro atoms. The molecule has 1 aromatic rings. The number of aromatic nitrogens is 2. The van der Waals surface area contributed by atoms with E-state index < -0.39 is 0 Å². The van der Waals surface area contributed by atoms with Crippen LogP contribution < -0.4 is 5.56 Å². The first kappa shape index (κ1) is 15.0. The van der Waals surface area contributed by atoms with Gasteiger partial charge in [0.2, 0.25) is 0 Å². The van der Waals surface area contributed by atoms with Gasteiger partial charge in [0, 0.05) is 25.1 Å². The lowest BCUT2D eigenvalue weighted by Gasteiger charge is -2.32. The summed E-state index contributed by atoms with van der Waals surface area (Å²) in [5, 5.41) is 0. The van der Waals surface area contributed by atoms with Gasteiger partial charge in [-0.2, -0.15) is 0 Å². The van der Waals surface area contributed by atoms with Crippen molar-refractivity contribution in [1.82, 2.24) is 14.9 Å². The van der Waals surface area contributed by atoms with Crippen molar-refractivity contribution in [1.29, 1.82) is 0 Å². The Kier molecular flexibility index (Phi) is 5.53. The molecule has 4 nitrogen and oxygen atoms in total. The predicted octanol–water partition coefficient (Wildman–Crippen LogP) is 2.70. The van der Waals surface area contributed by atoms with Crippen molar-refractivity contribution in [3.05, 3.63) is 40.1 Å². The van der Waals surface area contributed by atoms with Gasteiger partial charge >= 0.3 is 0 Å². The van der Waals surface area contributed by atoms with Gasteiger partial charge in [-0.1, -0.05) is 18.6 Å². The van der Waals surface area contributed by atoms with E-state index in [2.05, 4.69) is 34.8 Å². The molecular formula is C16H25N3O. The average molecular weight is 275 g/mol. The molecule has 4 heteroatoms. The van der Waals surface area contributed by atoms with E-state index in [1.165, 1.54) is 24.9 Å². The number of allylic oxidation sites excluding steroid dienone is 1.